The van der Waals surface area contributed by atoms with Crippen LogP contribution in [0.5, 0.6) is 0 Å². The van der Waals surface area contributed by atoms with Crippen LogP contribution >= 0.6 is 15.9 Å². The zero-order chi connectivity index (χ0) is 13.1. The summed E-state index contributed by atoms with van der Waals surface area (Å²) in [5.41, 5.74) is 8.48. The largest absolute Gasteiger partial charge is 0.466 e. The maximum atomic E-state index is 11.4. The van der Waals surface area contributed by atoms with Gasteiger partial charge in [0.25, 0.3) is 0 Å². The van der Waals surface area contributed by atoms with Gasteiger partial charge in [-0.2, -0.15) is 0 Å². The van der Waals surface area contributed by atoms with E-state index in [1.807, 2.05) is 6.92 Å². The maximum Gasteiger partial charge on any atom is 0.308 e. The second-order valence-corrected chi connectivity index (χ2v) is 4.73. The molecule has 0 spiro atoms. The van der Waals surface area contributed by atoms with E-state index >= 15 is 0 Å². The Bertz CT molecular complexity index is 267. The van der Waals surface area contributed by atoms with Crippen LogP contribution in [0.1, 0.15) is 39.5 Å². The van der Waals surface area contributed by atoms with Crippen molar-refractivity contribution < 1.29 is 9.53 Å². The number of rotatable bonds is 9. The van der Waals surface area contributed by atoms with Gasteiger partial charge in [-0.25, -0.2) is 0 Å². The number of hydrogen-bond acceptors (Lipinski definition) is 3. The highest BCUT2D eigenvalue weighted by Crippen LogP contribution is 2.16. The molecule has 0 amide bonds. The molecule has 0 saturated heterocycles. The van der Waals surface area contributed by atoms with Crippen molar-refractivity contribution in [3.05, 3.63) is 10.4 Å². The third-order valence-corrected chi connectivity index (χ3v) is 3.01. The average molecular weight is 306 g/mol. The molecule has 98 valence electrons. The molecule has 0 bridgehead atoms. The van der Waals surface area contributed by atoms with E-state index in [4.69, 9.17) is 10.3 Å². The minimum atomic E-state index is -0.217. The third kappa shape index (κ3) is 8.05. The highest BCUT2D eigenvalue weighted by molar-refractivity contribution is 9.09. The van der Waals surface area contributed by atoms with Crippen molar-refractivity contribution in [1.82, 2.24) is 0 Å². The molecule has 0 aliphatic heterocycles. The van der Waals surface area contributed by atoms with Crippen molar-refractivity contribution >= 4 is 21.9 Å². The van der Waals surface area contributed by atoms with E-state index in [9.17, 15) is 4.79 Å². The van der Waals surface area contributed by atoms with Crippen molar-refractivity contribution in [3.63, 3.8) is 0 Å². The first kappa shape index (κ1) is 16.3. The van der Waals surface area contributed by atoms with Crippen LogP contribution in [-0.2, 0) is 9.53 Å². The van der Waals surface area contributed by atoms with Crippen molar-refractivity contribution in [1.29, 1.82) is 0 Å². The summed E-state index contributed by atoms with van der Waals surface area (Å²) in [5, 5.41) is 4.68. The molecule has 5 nitrogen and oxygen atoms in total. The summed E-state index contributed by atoms with van der Waals surface area (Å²) >= 11 is 3.36. The van der Waals surface area contributed by atoms with Crippen LogP contribution in [-0.4, -0.2) is 23.9 Å². The lowest BCUT2D eigenvalue weighted by atomic mass is 9.98. The summed E-state index contributed by atoms with van der Waals surface area (Å²) in [7, 11) is 0. The van der Waals surface area contributed by atoms with Gasteiger partial charge in [0.1, 0.15) is 0 Å². The maximum absolute atomic E-state index is 11.4. The number of carbonyl (C=O) groups is 1. The summed E-state index contributed by atoms with van der Waals surface area (Å²) in [5.74, 6) is -0.430. The Morgan fingerprint density at radius 3 is 2.76 bits per heavy atom. The number of carbonyl (C=O) groups excluding carboxylic acids is 1. The minimum Gasteiger partial charge on any atom is -0.466 e. The van der Waals surface area contributed by atoms with Crippen LogP contribution in [0, 0.1) is 5.92 Å². The van der Waals surface area contributed by atoms with Crippen LogP contribution in [0.15, 0.2) is 5.11 Å². The lowest BCUT2D eigenvalue weighted by Gasteiger charge is -2.15. The Balaban J connectivity index is 4.13. The zero-order valence-corrected chi connectivity index (χ0v) is 12.0. The summed E-state index contributed by atoms with van der Waals surface area (Å²) in [6.45, 7) is 3.98. The Kier molecular flexibility index (Phi) is 9.96. The lowest BCUT2D eigenvalue weighted by molar-refractivity contribution is -0.147. The molecule has 0 fully saturated rings. The van der Waals surface area contributed by atoms with Crippen LogP contribution in [0.2, 0.25) is 0 Å². The first-order chi connectivity index (χ1) is 8.15. The smallest absolute Gasteiger partial charge is 0.308 e. The molecule has 0 aliphatic carbocycles. The third-order valence-electron chi connectivity index (χ3n) is 2.45. The number of azide groups is 1. The van der Waals surface area contributed by atoms with E-state index in [0.717, 1.165) is 24.6 Å². The van der Waals surface area contributed by atoms with Crippen LogP contribution in [0.25, 0.3) is 10.4 Å². The lowest BCUT2D eigenvalue weighted by Crippen LogP contribution is -2.19. The predicted octanol–water partition coefficient (Wildman–Crippen LogP) is 3.82. The quantitative estimate of drug-likeness (QED) is 0.162. The highest BCUT2D eigenvalue weighted by atomic mass is 79.9. The Labute approximate surface area is 111 Å². The van der Waals surface area contributed by atoms with Gasteiger partial charge in [0.2, 0.25) is 0 Å². The van der Waals surface area contributed by atoms with Crippen LogP contribution in [0.4, 0.5) is 0 Å². The summed E-state index contributed by atoms with van der Waals surface area (Å²) < 4.78 is 4.93. The van der Waals surface area contributed by atoms with E-state index in [1.54, 1.807) is 6.92 Å². The molecule has 17 heavy (non-hydrogen) atoms. The van der Waals surface area contributed by atoms with Gasteiger partial charge in [0.15, 0.2) is 0 Å². The van der Waals surface area contributed by atoms with E-state index in [0.29, 0.717) is 13.0 Å². The number of esters is 1. The van der Waals surface area contributed by atoms with Crippen molar-refractivity contribution in [2.24, 2.45) is 11.0 Å². The molecule has 0 heterocycles. The second-order valence-electron chi connectivity index (χ2n) is 3.93. The van der Waals surface area contributed by atoms with Gasteiger partial charge in [-0.1, -0.05) is 34.4 Å². The van der Waals surface area contributed by atoms with Gasteiger partial charge in [-0.05, 0) is 31.7 Å². The molecule has 6 heteroatoms. The van der Waals surface area contributed by atoms with E-state index in [-0.39, 0.29) is 17.9 Å². The topological polar surface area (TPSA) is 75.1 Å². The summed E-state index contributed by atoms with van der Waals surface area (Å²) in [4.78, 5) is 14.3. The first-order valence-corrected chi connectivity index (χ1v) is 7.04. The number of unbranched alkanes of at least 4 members (excludes halogenated alkanes) is 1. The van der Waals surface area contributed by atoms with E-state index in [2.05, 4.69) is 26.0 Å². The SMILES string of the molecule is CCOC(=O)C(C)CC(CCCCBr)N=[N+]=[N-]. The van der Waals surface area contributed by atoms with Crippen LogP contribution < -0.4 is 0 Å². The summed E-state index contributed by atoms with van der Waals surface area (Å²) in [6.07, 6.45) is 3.42. The normalized spacial score (nSPS) is 13.6. The van der Waals surface area contributed by atoms with Gasteiger partial charge in [0.05, 0.1) is 12.5 Å². The molecular weight excluding hydrogens is 286 g/mol. The standard InChI is InChI=1S/C11H20BrN3O2/c1-3-17-11(16)9(2)8-10(14-15-13)6-4-5-7-12/h9-10H,3-8H2,1-2H3. The Morgan fingerprint density at radius 2 is 2.24 bits per heavy atom. The fraction of sp³-hybridized carbons (Fsp3) is 0.909. The van der Waals surface area contributed by atoms with Gasteiger partial charge < -0.3 is 4.74 Å². The molecule has 2 atom stereocenters. The average Bonchev–Trinajstić information content (AvgIpc) is 2.29. The fourth-order valence-corrected chi connectivity index (χ4v) is 1.96. The van der Waals surface area contributed by atoms with E-state index in [1.165, 1.54) is 0 Å². The van der Waals surface area contributed by atoms with Gasteiger partial charge >= 0.3 is 5.97 Å². The first-order valence-electron chi connectivity index (χ1n) is 5.92. The van der Waals surface area contributed by atoms with Crippen molar-refractivity contribution in [3.8, 4) is 0 Å². The molecule has 0 aliphatic rings. The van der Waals surface area contributed by atoms with Crippen molar-refractivity contribution in [2.75, 3.05) is 11.9 Å². The molecule has 0 rings (SSSR count). The molecule has 0 aromatic heterocycles. The minimum absolute atomic E-state index is 0.113. The number of ether oxygens (including phenoxy) is 1. The number of halogens is 1. The molecule has 0 saturated carbocycles. The molecular formula is C11H20BrN3O2. The number of alkyl halides is 1. The molecule has 0 radical (unpaired) electrons. The summed E-state index contributed by atoms with van der Waals surface area (Å²) in [6, 6.07) is -0.113. The molecule has 2 unspecified atom stereocenters. The van der Waals surface area contributed by atoms with Crippen molar-refractivity contribution in [2.45, 2.75) is 45.6 Å². The molecule has 0 aromatic carbocycles. The highest BCUT2D eigenvalue weighted by Gasteiger charge is 2.18. The Hall–Kier alpha value is -0.740. The monoisotopic (exact) mass is 305 g/mol. The predicted molar refractivity (Wildman–Crippen MR) is 71.0 cm³/mol. The van der Waals surface area contributed by atoms with Gasteiger partial charge in [-0.15, -0.1) is 0 Å². The number of hydrogen-bond donors (Lipinski definition) is 0. The van der Waals surface area contributed by atoms with Gasteiger partial charge in [0, 0.05) is 16.3 Å². The fourth-order valence-electron chi connectivity index (χ4n) is 1.56. The second kappa shape index (κ2) is 10.4. The molecule has 0 N–H and O–H groups in total. The van der Waals surface area contributed by atoms with Gasteiger partial charge in [-0.3, -0.25) is 4.79 Å². The zero-order valence-electron chi connectivity index (χ0n) is 10.4. The van der Waals surface area contributed by atoms with Crippen LogP contribution in [0.3, 0.4) is 0 Å². The number of nitrogens with zero attached hydrogens (tertiary/aromatic N) is 3. The molecule has 0 aromatic rings. The Morgan fingerprint density at radius 1 is 1.53 bits per heavy atom. The van der Waals surface area contributed by atoms with E-state index < -0.39 is 0 Å².